The molecule has 184 valence electrons. The molecule has 4 rings (SSSR count). The van der Waals surface area contributed by atoms with Gasteiger partial charge in [0.2, 0.25) is 0 Å². The maximum Gasteiger partial charge on any atom is 0.270 e. The highest BCUT2D eigenvalue weighted by Gasteiger charge is 2.22. The number of carbonyl (C=O) groups excluding carboxylic acids is 1. The van der Waals surface area contributed by atoms with Crippen LogP contribution in [0.3, 0.4) is 0 Å². The van der Waals surface area contributed by atoms with E-state index in [2.05, 4.69) is 16.6 Å². The number of benzene rings is 2. The molecule has 9 heteroatoms. The zero-order valence-corrected chi connectivity index (χ0v) is 21.4. The summed E-state index contributed by atoms with van der Waals surface area (Å²) in [5.41, 5.74) is 2.20. The highest BCUT2D eigenvalue weighted by molar-refractivity contribution is 7.18. The standard InChI is InChI=1S/C26H28ClN3O4S/c1-28-21-17-24(18-4-6-19(27)7-5-18)35-25(21)26(31)29(2)20-8-9-22(23(16-20)32-3)34-15-12-30-10-13-33-14-11-30/h4-9,16-17H,1,10-15H2,2-3H3. The van der Waals surface area contributed by atoms with E-state index in [1.807, 2.05) is 42.5 Å². The fourth-order valence-corrected chi connectivity index (χ4v) is 4.99. The SMILES string of the molecule is C=Nc1cc(-c2ccc(Cl)cc2)sc1C(=O)N(C)c1ccc(OCCN2CCOCC2)c(OC)c1. The summed E-state index contributed by atoms with van der Waals surface area (Å²) in [4.78, 5) is 22.8. The lowest BCUT2D eigenvalue weighted by molar-refractivity contribution is 0.0321. The van der Waals surface area contributed by atoms with Crippen LogP contribution in [0.4, 0.5) is 11.4 Å². The summed E-state index contributed by atoms with van der Waals surface area (Å²) in [5.74, 6) is 1.03. The number of carbonyl (C=O) groups is 1. The van der Waals surface area contributed by atoms with Gasteiger partial charge >= 0.3 is 0 Å². The fraction of sp³-hybridized carbons (Fsp3) is 0.308. The van der Waals surface area contributed by atoms with Gasteiger partial charge in [0.25, 0.3) is 5.91 Å². The molecule has 2 heterocycles. The minimum atomic E-state index is -0.180. The number of hydrogen-bond donors (Lipinski definition) is 0. The molecule has 1 saturated heterocycles. The first-order valence-electron chi connectivity index (χ1n) is 11.3. The number of hydrogen-bond acceptors (Lipinski definition) is 7. The van der Waals surface area contributed by atoms with Crippen molar-refractivity contribution in [2.45, 2.75) is 0 Å². The zero-order valence-electron chi connectivity index (χ0n) is 19.8. The lowest BCUT2D eigenvalue weighted by Crippen LogP contribution is -2.38. The molecule has 0 spiro atoms. The van der Waals surface area contributed by atoms with E-state index in [1.165, 1.54) is 11.3 Å². The van der Waals surface area contributed by atoms with E-state index in [4.69, 9.17) is 25.8 Å². The number of thiophene rings is 1. The number of rotatable bonds is 9. The van der Waals surface area contributed by atoms with Crippen molar-refractivity contribution >= 4 is 46.9 Å². The van der Waals surface area contributed by atoms with Gasteiger partial charge < -0.3 is 19.1 Å². The first-order valence-corrected chi connectivity index (χ1v) is 12.4. The quantitative estimate of drug-likeness (QED) is 0.359. The molecule has 3 aromatic rings. The molecule has 0 unspecified atom stereocenters. The molecular formula is C26H28ClN3O4S. The van der Waals surface area contributed by atoms with Gasteiger partial charge in [0.15, 0.2) is 11.5 Å². The van der Waals surface area contributed by atoms with Gasteiger partial charge in [-0.05, 0) is 42.6 Å². The van der Waals surface area contributed by atoms with Crippen molar-refractivity contribution in [2.75, 3.05) is 58.5 Å². The first kappa shape index (κ1) is 25.2. The van der Waals surface area contributed by atoms with Crippen LogP contribution >= 0.6 is 22.9 Å². The molecule has 1 aliphatic heterocycles. The predicted molar refractivity (Wildman–Crippen MR) is 142 cm³/mol. The van der Waals surface area contributed by atoms with Gasteiger partial charge in [-0.15, -0.1) is 11.3 Å². The van der Waals surface area contributed by atoms with Gasteiger partial charge in [0.1, 0.15) is 11.5 Å². The summed E-state index contributed by atoms with van der Waals surface area (Å²) >= 11 is 7.38. The summed E-state index contributed by atoms with van der Waals surface area (Å²) in [6, 6.07) is 14.8. The maximum absolute atomic E-state index is 13.4. The van der Waals surface area contributed by atoms with Gasteiger partial charge in [0.05, 0.1) is 26.0 Å². The zero-order chi connectivity index (χ0) is 24.8. The van der Waals surface area contributed by atoms with Gasteiger partial charge in [0, 0.05) is 48.3 Å². The van der Waals surface area contributed by atoms with Crippen molar-refractivity contribution in [3.8, 4) is 21.9 Å². The van der Waals surface area contributed by atoms with Gasteiger partial charge in [-0.3, -0.25) is 14.7 Å². The Morgan fingerprint density at radius 1 is 1.17 bits per heavy atom. The van der Waals surface area contributed by atoms with Crippen LogP contribution in [-0.4, -0.2) is 71.1 Å². The lowest BCUT2D eigenvalue weighted by atomic mass is 10.2. The van der Waals surface area contributed by atoms with Crippen molar-refractivity contribution in [1.29, 1.82) is 0 Å². The third-order valence-electron chi connectivity index (χ3n) is 5.81. The number of morpholine rings is 1. The van der Waals surface area contributed by atoms with Crippen LogP contribution in [0.2, 0.25) is 5.02 Å². The average molecular weight is 514 g/mol. The Hall–Kier alpha value is -2.91. The molecule has 2 aromatic carbocycles. The van der Waals surface area contributed by atoms with E-state index in [0.717, 1.165) is 43.3 Å². The predicted octanol–water partition coefficient (Wildman–Crippen LogP) is 5.40. The van der Waals surface area contributed by atoms with Crippen LogP contribution < -0.4 is 14.4 Å². The summed E-state index contributed by atoms with van der Waals surface area (Å²) in [7, 11) is 3.32. The molecule has 35 heavy (non-hydrogen) atoms. The minimum absolute atomic E-state index is 0.180. The molecule has 1 aromatic heterocycles. The van der Waals surface area contributed by atoms with E-state index in [-0.39, 0.29) is 5.91 Å². The summed E-state index contributed by atoms with van der Waals surface area (Å²) in [6.07, 6.45) is 0. The Morgan fingerprint density at radius 2 is 1.91 bits per heavy atom. The van der Waals surface area contributed by atoms with Gasteiger partial charge in [-0.2, -0.15) is 0 Å². The van der Waals surface area contributed by atoms with E-state index >= 15 is 0 Å². The molecule has 0 aliphatic carbocycles. The molecule has 1 amide bonds. The lowest BCUT2D eigenvalue weighted by Gasteiger charge is -2.26. The largest absolute Gasteiger partial charge is 0.493 e. The van der Waals surface area contributed by atoms with Crippen molar-refractivity contribution < 1.29 is 19.0 Å². The van der Waals surface area contributed by atoms with Gasteiger partial charge in [-0.25, -0.2) is 0 Å². The average Bonchev–Trinajstić information content (AvgIpc) is 3.33. The molecular weight excluding hydrogens is 486 g/mol. The monoisotopic (exact) mass is 513 g/mol. The molecule has 0 bridgehead atoms. The molecule has 0 N–H and O–H groups in total. The van der Waals surface area contributed by atoms with Crippen molar-refractivity contribution in [2.24, 2.45) is 4.99 Å². The Kier molecular flexibility index (Phi) is 8.41. The van der Waals surface area contributed by atoms with Crippen molar-refractivity contribution in [1.82, 2.24) is 4.90 Å². The molecule has 1 fully saturated rings. The highest BCUT2D eigenvalue weighted by atomic mass is 35.5. The number of nitrogens with zero attached hydrogens (tertiary/aromatic N) is 3. The summed E-state index contributed by atoms with van der Waals surface area (Å²) < 4.78 is 16.9. The topological polar surface area (TPSA) is 63.6 Å². The second-order valence-corrected chi connectivity index (χ2v) is 9.48. The Labute approximate surface area is 214 Å². The minimum Gasteiger partial charge on any atom is -0.493 e. The molecule has 1 aliphatic rings. The third kappa shape index (κ3) is 6.02. The molecule has 0 atom stereocenters. The van der Waals surface area contributed by atoms with Crippen molar-refractivity contribution in [3.63, 3.8) is 0 Å². The van der Waals surface area contributed by atoms with Crippen LogP contribution in [0.1, 0.15) is 9.67 Å². The maximum atomic E-state index is 13.4. The highest BCUT2D eigenvalue weighted by Crippen LogP contribution is 2.39. The van der Waals surface area contributed by atoms with Crippen LogP contribution in [0.25, 0.3) is 10.4 Å². The summed E-state index contributed by atoms with van der Waals surface area (Å²) in [5, 5.41) is 0.658. The Balaban J connectivity index is 1.48. The number of amides is 1. The number of aliphatic imine (C=N–C) groups is 1. The van der Waals surface area contributed by atoms with Gasteiger partial charge in [-0.1, -0.05) is 23.7 Å². The van der Waals surface area contributed by atoms with Crippen molar-refractivity contribution in [3.05, 3.63) is 58.4 Å². The van der Waals surface area contributed by atoms with Crippen LogP contribution in [0, 0.1) is 0 Å². The summed E-state index contributed by atoms with van der Waals surface area (Å²) in [6.45, 7) is 8.35. The molecule has 0 radical (unpaired) electrons. The second-order valence-electron chi connectivity index (χ2n) is 7.99. The first-order chi connectivity index (χ1) is 17.0. The smallest absolute Gasteiger partial charge is 0.270 e. The van der Waals surface area contributed by atoms with E-state index in [9.17, 15) is 4.79 Å². The number of ether oxygens (including phenoxy) is 3. The second kappa shape index (κ2) is 11.7. The number of methoxy groups -OCH3 is 1. The van der Waals surface area contributed by atoms with E-state index in [1.54, 1.807) is 25.1 Å². The Morgan fingerprint density at radius 3 is 2.60 bits per heavy atom. The normalized spacial score (nSPS) is 13.9. The van der Waals surface area contributed by atoms with E-state index < -0.39 is 0 Å². The van der Waals surface area contributed by atoms with Crippen LogP contribution in [0.15, 0.2) is 53.5 Å². The Bertz CT molecular complexity index is 1180. The fourth-order valence-electron chi connectivity index (χ4n) is 3.77. The number of anilines is 1. The van der Waals surface area contributed by atoms with Crippen LogP contribution in [-0.2, 0) is 4.74 Å². The molecule has 0 saturated carbocycles. The third-order valence-corrected chi connectivity index (χ3v) is 7.23. The van der Waals surface area contributed by atoms with E-state index in [0.29, 0.717) is 39.4 Å². The molecule has 7 nitrogen and oxygen atoms in total. The van der Waals surface area contributed by atoms with Crippen LogP contribution in [0.5, 0.6) is 11.5 Å². The number of halogens is 1.